The molecule has 0 N–H and O–H groups in total. The van der Waals surface area contributed by atoms with E-state index in [1.54, 1.807) is 12.1 Å². The van der Waals surface area contributed by atoms with Gasteiger partial charge in [0.15, 0.2) is 0 Å². The standard InChI is InChI=1S/C39H26F2/c40-39(41,35-25-23-30(24-26-35)22-21-29-13-5-1-6-14-29)38-36(32-17-9-3-10-18-32)27-34(31-15-7-2-8-16-31)28-37(38)33-19-11-4-12-20-33/h1-20,23-28H. The molecule has 6 rings (SSSR count). The van der Waals surface area contributed by atoms with Crippen LogP contribution < -0.4 is 0 Å². The Morgan fingerprint density at radius 2 is 0.780 bits per heavy atom. The molecule has 0 aliphatic carbocycles. The van der Waals surface area contributed by atoms with E-state index < -0.39 is 5.92 Å². The summed E-state index contributed by atoms with van der Waals surface area (Å²) in [5, 5.41) is 0. The lowest BCUT2D eigenvalue weighted by molar-refractivity contribution is 0.0441. The van der Waals surface area contributed by atoms with Crippen molar-refractivity contribution in [3.63, 3.8) is 0 Å². The van der Waals surface area contributed by atoms with E-state index in [0.717, 1.165) is 27.8 Å². The van der Waals surface area contributed by atoms with Crippen LogP contribution >= 0.6 is 0 Å². The van der Waals surface area contributed by atoms with Crippen molar-refractivity contribution in [2.24, 2.45) is 0 Å². The summed E-state index contributed by atoms with van der Waals surface area (Å²) in [5.74, 6) is 2.90. The van der Waals surface area contributed by atoms with Gasteiger partial charge < -0.3 is 0 Å². The topological polar surface area (TPSA) is 0 Å². The second kappa shape index (κ2) is 11.5. The molecule has 0 aromatic heterocycles. The highest BCUT2D eigenvalue weighted by Gasteiger charge is 2.39. The summed E-state index contributed by atoms with van der Waals surface area (Å²) in [6, 6.07) is 48.5. The first-order valence-corrected chi connectivity index (χ1v) is 13.5. The number of hydrogen-bond acceptors (Lipinski definition) is 0. The minimum absolute atomic E-state index is 0.0160. The van der Waals surface area contributed by atoms with Crippen LogP contribution in [0.4, 0.5) is 8.78 Å². The second-order valence-corrected chi connectivity index (χ2v) is 9.81. The number of hydrogen-bond donors (Lipinski definition) is 0. The second-order valence-electron chi connectivity index (χ2n) is 9.81. The summed E-state index contributed by atoms with van der Waals surface area (Å²) in [6.07, 6.45) is 0. The van der Waals surface area contributed by atoms with E-state index in [4.69, 9.17) is 0 Å². The van der Waals surface area contributed by atoms with Crippen molar-refractivity contribution in [3.05, 3.63) is 180 Å². The summed E-state index contributed by atoms with van der Waals surface area (Å²) in [6.45, 7) is 0. The van der Waals surface area contributed by atoms with Crippen LogP contribution in [0, 0.1) is 11.8 Å². The molecule has 0 spiro atoms. The lowest BCUT2D eigenvalue weighted by Gasteiger charge is -2.26. The monoisotopic (exact) mass is 532 g/mol. The molecule has 0 heterocycles. The third kappa shape index (κ3) is 5.57. The van der Waals surface area contributed by atoms with Gasteiger partial charge in [-0.05, 0) is 69.8 Å². The van der Waals surface area contributed by atoms with Gasteiger partial charge in [-0.3, -0.25) is 0 Å². The van der Waals surface area contributed by atoms with Crippen LogP contribution in [0.5, 0.6) is 0 Å². The molecule has 0 saturated carbocycles. The zero-order chi connectivity index (χ0) is 28.1. The van der Waals surface area contributed by atoms with Crippen molar-refractivity contribution in [2.45, 2.75) is 5.92 Å². The average Bonchev–Trinajstić information content (AvgIpc) is 3.05. The molecule has 0 fully saturated rings. The molecule has 0 saturated heterocycles. The molecule has 0 bridgehead atoms. The van der Waals surface area contributed by atoms with Crippen LogP contribution in [0.1, 0.15) is 22.3 Å². The van der Waals surface area contributed by atoms with E-state index in [-0.39, 0.29) is 11.1 Å². The van der Waals surface area contributed by atoms with Crippen LogP contribution in [0.2, 0.25) is 0 Å². The van der Waals surface area contributed by atoms with Crippen molar-refractivity contribution in [3.8, 4) is 45.2 Å². The highest BCUT2D eigenvalue weighted by molar-refractivity contribution is 5.86. The van der Waals surface area contributed by atoms with Gasteiger partial charge in [0.1, 0.15) is 0 Å². The Morgan fingerprint density at radius 3 is 1.24 bits per heavy atom. The van der Waals surface area contributed by atoms with Crippen LogP contribution in [-0.2, 0) is 5.92 Å². The van der Waals surface area contributed by atoms with Crippen molar-refractivity contribution in [2.75, 3.05) is 0 Å². The summed E-state index contributed by atoms with van der Waals surface area (Å²) >= 11 is 0. The lowest BCUT2D eigenvalue weighted by atomic mass is 9.83. The van der Waals surface area contributed by atoms with Gasteiger partial charge >= 0.3 is 0 Å². The van der Waals surface area contributed by atoms with Gasteiger partial charge in [0.05, 0.1) is 0 Å². The van der Waals surface area contributed by atoms with Gasteiger partial charge in [-0.2, -0.15) is 8.78 Å². The van der Waals surface area contributed by atoms with E-state index in [1.165, 1.54) is 12.1 Å². The Bertz CT molecular complexity index is 1750. The molecule has 0 atom stereocenters. The van der Waals surface area contributed by atoms with E-state index in [2.05, 4.69) is 11.8 Å². The van der Waals surface area contributed by atoms with E-state index >= 15 is 8.78 Å². The number of alkyl halides is 2. The maximum Gasteiger partial charge on any atom is 0.299 e. The van der Waals surface area contributed by atoms with E-state index in [0.29, 0.717) is 16.7 Å². The largest absolute Gasteiger partial charge is 0.299 e. The Morgan fingerprint density at radius 1 is 0.390 bits per heavy atom. The smallest absolute Gasteiger partial charge is 0.196 e. The fourth-order valence-electron chi connectivity index (χ4n) is 5.04. The average molecular weight is 533 g/mol. The molecule has 196 valence electrons. The minimum atomic E-state index is -3.28. The number of rotatable bonds is 5. The summed E-state index contributed by atoms with van der Waals surface area (Å²) < 4.78 is 33.7. The van der Waals surface area contributed by atoms with E-state index in [9.17, 15) is 0 Å². The molecule has 6 aromatic rings. The molecular weight excluding hydrogens is 506 g/mol. The van der Waals surface area contributed by atoms with Gasteiger partial charge in [-0.25, -0.2) is 0 Å². The van der Waals surface area contributed by atoms with Crippen LogP contribution in [0.3, 0.4) is 0 Å². The number of halogens is 2. The third-order valence-electron chi connectivity index (χ3n) is 7.10. The Hall–Kier alpha value is -5.26. The molecule has 0 aliphatic heterocycles. The molecule has 2 heteroatoms. The fraction of sp³-hybridized carbons (Fsp3) is 0.0256. The molecule has 0 nitrogen and oxygen atoms in total. The molecule has 6 aromatic carbocycles. The molecule has 0 aliphatic rings. The Balaban J connectivity index is 1.53. The van der Waals surface area contributed by atoms with Gasteiger partial charge in [0.25, 0.3) is 5.92 Å². The zero-order valence-electron chi connectivity index (χ0n) is 22.3. The maximum absolute atomic E-state index is 16.9. The SMILES string of the molecule is FC(F)(c1ccc(C#Cc2ccccc2)cc1)c1c(-c2ccccc2)cc(-c2ccccc2)cc1-c1ccccc1. The van der Waals surface area contributed by atoms with Gasteiger partial charge in [-0.15, -0.1) is 0 Å². The predicted molar refractivity (Wildman–Crippen MR) is 165 cm³/mol. The van der Waals surface area contributed by atoms with Crippen molar-refractivity contribution < 1.29 is 8.78 Å². The third-order valence-corrected chi connectivity index (χ3v) is 7.10. The van der Waals surface area contributed by atoms with E-state index in [1.807, 2.05) is 133 Å². The van der Waals surface area contributed by atoms with Crippen LogP contribution in [0.25, 0.3) is 33.4 Å². The Kier molecular flexibility index (Phi) is 7.27. The van der Waals surface area contributed by atoms with Crippen molar-refractivity contribution >= 4 is 0 Å². The van der Waals surface area contributed by atoms with Crippen molar-refractivity contribution in [1.82, 2.24) is 0 Å². The van der Waals surface area contributed by atoms with Crippen LogP contribution in [0.15, 0.2) is 158 Å². The maximum atomic E-state index is 16.9. The molecule has 0 radical (unpaired) electrons. The first-order valence-electron chi connectivity index (χ1n) is 13.5. The molecule has 0 unspecified atom stereocenters. The normalized spacial score (nSPS) is 11.0. The molecule has 0 amide bonds. The highest BCUT2D eigenvalue weighted by Crippen LogP contribution is 2.48. The quantitative estimate of drug-likeness (QED) is 0.194. The minimum Gasteiger partial charge on any atom is -0.196 e. The Labute approximate surface area is 239 Å². The van der Waals surface area contributed by atoms with Gasteiger partial charge in [0.2, 0.25) is 0 Å². The summed E-state index contributed by atoms with van der Waals surface area (Å²) in [5.41, 5.74) is 5.80. The van der Waals surface area contributed by atoms with Crippen LogP contribution in [-0.4, -0.2) is 0 Å². The molecule has 41 heavy (non-hydrogen) atoms. The van der Waals surface area contributed by atoms with Crippen molar-refractivity contribution in [1.29, 1.82) is 0 Å². The van der Waals surface area contributed by atoms with Gasteiger partial charge in [-0.1, -0.05) is 133 Å². The predicted octanol–water partition coefficient (Wildman–Crippen LogP) is 10.2. The summed E-state index contributed by atoms with van der Waals surface area (Å²) in [7, 11) is 0. The number of benzene rings is 6. The molecular formula is C39H26F2. The first-order chi connectivity index (χ1) is 20.1. The fourth-order valence-corrected chi connectivity index (χ4v) is 5.04. The first kappa shape index (κ1) is 26.0. The zero-order valence-corrected chi connectivity index (χ0v) is 22.3. The summed E-state index contributed by atoms with van der Waals surface area (Å²) in [4.78, 5) is 0. The lowest BCUT2D eigenvalue weighted by Crippen LogP contribution is -2.18. The van der Waals surface area contributed by atoms with Gasteiger partial charge in [0, 0.05) is 22.3 Å². The highest BCUT2D eigenvalue weighted by atomic mass is 19.3.